The number of carbonyl (C=O) groups is 2. The van der Waals surface area contributed by atoms with E-state index in [1.807, 2.05) is 0 Å². The van der Waals surface area contributed by atoms with Gasteiger partial charge in [0.15, 0.2) is 0 Å². The van der Waals surface area contributed by atoms with Crippen molar-refractivity contribution in [2.24, 2.45) is 5.89 Å². The zero-order valence-corrected chi connectivity index (χ0v) is 11.7. The predicted molar refractivity (Wildman–Crippen MR) is 77.0 cm³/mol. The topological polar surface area (TPSA) is 63.6 Å². The summed E-state index contributed by atoms with van der Waals surface area (Å²) < 4.78 is 36.5. The zero-order chi connectivity index (χ0) is 18.5. The lowest BCUT2D eigenvalue weighted by Crippen LogP contribution is -2.25. The van der Waals surface area contributed by atoms with Crippen LogP contribution in [0.4, 0.5) is 0 Å². The molecular weight excluding hydrogens is 256 g/mol. The Morgan fingerprint density at radius 3 is 2.50 bits per heavy atom. The van der Waals surface area contributed by atoms with Gasteiger partial charge in [-0.1, -0.05) is 45.7 Å². The van der Waals surface area contributed by atoms with E-state index >= 15 is 0 Å². The van der Waals surface area contributed by atoms with Crippen molar-refractivity contribution in [2.75, 3.05) is 0 Å². The van der Waals surface area contributed by atoms with E-state index < -0.39 is 30.8 Å². The van der Waals surface area contributed by atoms with Crippen molar-refractivity contribution >= 4 is 11.9 Å². The molecule has 0 aliphatic rings. The number of carboxylic acids is 1. The summed E-state index contributed by atoms with van der Waals surface area (Å²) in [5, 5.41) is 9.15. The van der Waals surface area contributed by atoms with Crippen molar-refractivity contribution in [3.63, 3.8) is 0 Å². The van der Waals surface area contributed by atoms with Crippen molar-refractivity contribution in [1.82, 2.24) is 0 Å². The van der Waals surface area contributed by atoms with E-state index in [0.717, 1.165) is 0 Å². The van der Waals surface area contributed by atoms with Gasteiger partial charge in [0.2, 0.25) is 0 Å². The van der Waals surface area contributed by atoms with Crippen LogP contribution in [0.3, 0.4) is 0 Å². The minimum atomic E-state index is -2.63. The monoisotopic (exact) mass is 282 g/mol. The van der Waals surface area contributed by atoms with Crippen LogP contribution in [0.5, 0.6) is 0 Å². The van der Waals surface area contributed by atoms with E-state index in [2.05, 4.69) is 0 Å². The highest BCUT2D eigenvalue weighted by atomic mass is 16.5. The average molecular weight is 282 g/mol. The Morgan fingerprint density at radius 1 is 1.35 bits per heavy atom. The fourth-order valence-corrected chi connectivity index (χ4v) is 1.83. The van der Waals surface area contributed by atoms with Crippen molar-refractivity contribution in [2.45, 2.75) is 46.1 Å². The van der Waals surface area contributed by atoms with Crippen molar-refractivity contribution < 1.29 is 24.9 Å². The van der Waals surface area contributed by atoms with Gasteiger partial charge in [-0.05, 0) is 24.4 Å². The van der Waals surface area contributed by atoms with E-state index in [0.29, 0.717) is 6.42 Å². The van der Waals surface area contributed by atoms with Crippen LogP contribution >= 0.6 is 0 Å². The van der Waals surface area contributed by atoms with Gasteiger partial charge in [0, 0.05) is 5.48 Å². The highest BCUT2D eigenvalue weighted by molar-refractivity contribution is 6.02. The molecule has 0 saturated heterocycles. The number of benzene rings is 1. The van der Waals surface area contributed by atoms with Crippen LogP contribution in [0.25, 0.3) is 0 Å². The normalized spacial score (nSPS) is 18.7. The largest absolute Gasteiger partial charge is 0.478 e. The highest BCUT2D eigenvalue weighted by Gasteiger charge is 2.23. The zero-order valence-electron chi connectivity index (χ0n) is 15.7. The second kappa shape index (κ2) is 7.68. The Morgan fingerprint density at radius 2 is 2.00 bits per heavy atom. The maximum atomic E-state index is 12.4. The number of rotatable bonds is 7. The first-order valence-electron chi connectivity index (χ1n) is 8.61. The smallest absolute Gasteiger partial charge is 0.339 e. The van der Waals surface area contributed by atoms with E-state index in [4.69, 9.17) is 15.3 Å². The molecule has 1 aromatic carbocycles. The van der Waals surface area contributed by atoms with Crippen molar-refractivity contribution in [1.29, 1.82) is 0 Å². The van der Waals surface area contributed by atoms with Gasteiger partial charge in [0.05, 0.1) is 11.1 Å². The molecule has 4 heteroatoms. The lowest BCUT2D eigenvalue weighted by atomic mass is 9.98. The molecule has 1 rings (SSSR count). The average Bonchev–Trinajstić information content (AvgIpc) is 2.52. The number of hydrogen-bond acceptors (Lipinski definition) is 3. The maximum absolute atomic E-state index is 12.4. The fraction of sp³-hybridized carbons (Fsp3) is 0.500. The molecule has 20 heavy (non-hydrogen) atoms. The van der Waals surface area contributed by atoms with Gasteiger partial charge in [-0.3, -0.25) is 0 Å². The summed E-state index contributed by atoms with van der Waals surface area (Å²) in [4.78, 5) is 23.6. The third-order valence-electron chi connectivity index (χ3n) is 2.95. The molecule has 2 atom stereocenters. The minimum absolute atomic E-state index is 0.0258. The second-order valence-corrected chi connectivity index (χ2v) is 4.41. The summed E-state index contributed by atoms with van der Waals surface area (Å²) in [6.07, 6.45) is -0.456. The van der Waals surface area contributed by atoms with Gasteiger partial charge >= 0.3 is 11.9 Å². The molecule has 1 aromatic rings. The van der Waals surface area contributed by atoms with Crippen LogP contribution in [0.2, 0.25) is 0 Å². The molecule has 0 bridgehead atoms. The molecule has 0 aliphatic carbocycles. The lowest BCUT2D eigenvalue weighted by Gasteiger charge is -2.23. The Labute approximate surface area is 125 Å². The van der Waals surface area contributed by atoms with Gasteiger partial charge in [-0.2, -0.15) is 0 Å². The van der Waals surface area contributed by atoms with Crippen LogP contribution in [0, 0.1) is 5.89 Å². The van der Waals surface area contributed by atoms with E-state index in [-0.39, 0.29) is 24.0 Å². The van der Waals surface area contributed by atoms with E-state index in [1.54, 1.807) is 13.8 Å². The summed E-state index contributed by atoms with van der Waals surface area (Å²) in [5.74, 6) is -4.16. The van der Waals surface area contributed by atoms with E-state index in [9.17, 15) is 9.59 Å². The summed E-state index contributed by atoms with van der Waals surface area (Å²) in [5.41, 5.74) is -0.381. The molecule has 0 aromatic heterocycles. The van der Waals surface area contributed by atoms with Gasteiger partial charge in [-0.25, -0.2) is 9.59 Å². The summed E-state index contributed by atoms with van der Waals surface area (Å²) in [7, 11) is 0. The summed E-state index contributed by atoms with van der Waals surface area (Å²) in [6, 6.07) is 5.55. The predicted octanol–water partition coefficient (Wildman–Crippen LogP) is 3.76. The van der Waals surface area contributed by atoms with Gasteiger partial charge in [-0.15, -0.1) is 0 Å². The number of hydrogen-bond donors (Lipinski definition) is 1. The third-order valence-corrected chi connectivity index (χ3v) is 2.95. The van der Waals surface area contributed by atoms with Crippen LogP contribution in [-0.2, 0) is 4.74 Å². The molecule has 0 saturated carbocycles. The molecule has 4 nitrogen and oxygen atoms in total. The Balaban J connectivity index is 3.18. The Kier molecular flexibility index (Phi) is 4.18. The molecule has 2 unspecified atom stereocenters. The summed E-state index contributed by atoms with van der Waals surface area (Å²) >= 11 is 0. The number of carbonyl (C=O) groups excluding carboxylic acids is 1. The standard InChI is InChI=1S/C16H22O4/c1-4-8-14(11(3)5-2)20-16(19)13-10-7-6-9-12(13)15(17)18/h6-7,9-11,14H,4-5,8H2,1-3H3,(H,17,18)/i3D3,11D. The van der Waals surface area contributed by atoms with Gasteiger partial charge in [0.1, 0.15) is 6.10 Å². The van der Waals surface area contributed by atoms with Crippen LogP contribution < -0.4 is 0 Å². The first kappa shape index (κ1) is 10.9. The molecule has 0 spiro atoms. The number of carboxylic acid groups (broad SMARTS) is 1. The lowest BCUT2D eigenvalue weighted by molar-refractivity contribution is 0.0124. The molecule has 0 radical (unpaired) electrons. The molecule has 110 valence electrons. The van der Waals surface area contributed by atoms with Crippen molar-refractivity contribution in [3.8, 4) is 0 Å². The van der Waals surface area contributed by atoms with Crippen LogP contribution in [-0.4, -0.2) is 23.1 Å². The van der Waals surface area contributed by atoms with Crippen LogP contribution in [0.1, 0.15) is 66.2 Å². The Bertz CT molecular complexity index is 600. The number of ether oxygens (including phenoxy) is 1. The van der Waals surface area contributed by atoms with Gasteiger partial charge < -0.3 is 9.84 Å². The molecule has 0 heterocycles. The highest BCUT2D eigenvalue weighted by Crippen LogP contribution is 2.19. The number of esters is 1. The quantitative estimate of drug-likeness (QED) is 0.773. The first-order chi connectivity index (χ1) is 11.1. The molecule has 0 amide bonds. The van der Waals surface area contributed by atoms with Crippen LogP contribution in [0.15, 0.2) is 24.3 Å². The molecule has 0 fully saturated rings. The first-order valence-corrected chi connectivity index (χ1v) is 6.61. The molecular formula is C16H22O4. The van der Waals surface area contributed by atoms with Gasteiger partial charge in [0.25, 0.3) is 0 Å². The van der Waals surface area contributed by atoms with Crippen molar-refractivity contribution in [3.05, 3.63) is 35.4 Å². The SMILES string of the molecule is [2H]C([2H])([2H])C([2H])(CC)C(CCC)OC(=O)c1ccccc1C(=O)O. The Hall–Kier alpha value is -1.84. The third kappa shape index (κ3) is 4.08. The van der Waals surface area contributed by atoms with E-state index in [1.165, 1.54) is 24.3 Å². The summed E-state index contributed by atoms with van der Waals surface area (Å²) in [6.45, 7) is 0.719. The minimum Gasteiger partial charge on any atom is -0.478 e. The second-order valence-electron chi connectivity index (χ2n) is 4.41. The fourth-order valence-electron chi connectivity index (χ4n) is 1.83. The molecule has 0 aliphatic heterocycles. The molecule has 1 N–H and O–H groups in total. The number of aromatic carboxylic acids is 1. The maximum Gasteiger partial charge on any atom is 0.339 e.